The molecule has 0 saturated heterocycles. The topological polar surface area (TPSA) is 38.3 Å². The summed E-state index contributed by atoms with van der Waals surface area (Å²) in [6.07, 6.45) is -4.65. The predicted molar refractivity (Wildman–Crippen MR) is 78.9 cm³/mol. The summed E-state index contributed by atoms with van der Waals surface area (Å²) in [6, 6.07) is 4.12. The van der Waals surface area contributed by atoms with Crippen LogP contribution in [-0.4, -0.2) is 17.6 Å². The summed E-state index contributed by atoms with van der Waals surface area (Å²) in [6.45, 7) is 5.17. The minimum atomic E-state index is -4.39. The molecule has 0 spiro atoms. The number of nitrogens with one attached hydrogen (secondary N) is 1. The lowest BCUT2D eigenvalue weighted by molar-refractivity contribution is -0.137. The number of rotatable bonds is 4. The van der Waals surface area contributed by atoms with Crippen molar-refractivity contribution in [1.29, 1.82) is 0 Å². The van der Waals surface area contributed by atoms with Crippen LogP contribution in [0.1, 0.15) is 44.4 Å². The summed E-state index contributed by atoms with van der Waals surface area (Å²) in [5.74, 6) is 0.251. The summed E-state index contributed by atoms with van der Waals surface area (Å²) in [5.41, 5.74) is -0.854. The van der Waals surface area contributed by atoms with Gasteiger partial charge in [-0.05, 0) is 44.9 Å². The average molecular weight is 338 g/mol. The molecular weight excluding hydrogens is 319 g/mol. The van der Waals surface area contributed by atoms with Gasteiger partial charge in [-0.1, -0.05) is 12.1 Å². The Morgan fingerprint density at radius 2 is 1.77 bits per heavy atom. The highest BCUT2D eigenvalue weighted by Crippen LogP contribution is 2.30. The van der Waals surface area contributed by atoms with E-state index in [4.69, 9.17) is 16.3 Å². The number of alkyl carbamates (subject to hydrolysis) is 1. The average Bonchev–Trinajstić information content (AvgIpc) is 2.35. The number of carbonyl (C=O) groups is 1. The highest BCUT2D eigenvalue weighted by molar-refractivity contribution is 6.17. The van der Waals surface area contributed by atoms with Crippen LogP contribution in [0.4, 0.5) is 18.0 Å². The Balaban J connectivity index is 2.85. The van der Waals surface area contributed by atoms with Gasteiger partial charge in [-0.2, -0.15) is 13.2 Å². The molecule has 1 aromatic rings. The van der Waals surface area contributed by atoms with Gasteiger partial charge < -0.3 is 10.1 Å². The fraction of sp³-hybridized carbons (Fsp3) is 0.533. The molecule has 1 unspecified atom stereocenters. The molecule has 0 fully saturated rings. The molecule has 1 aromatic carbocycles. The lowest BCUT2D eigenvalue weighted by Crippen LogP contribution is -2.35. The van der Waals surface area contributed by atoms with Crippen molar-refractivity contribution in [3.63, 3.8) is 0 Å². The number of halogens is 4. The van der Waals surface area contributed by atoms with E-state index in [1.807, 2.05) is 0 Å². The Bertz CT molecular complexity index is 495. The molecule has 0 aliphatic rings. The smallest absolute Gasteiger partial charge is 0.416 e. The highest BCUT2D eigenvalue weighted by atomic mass is 35.5. The van der Waals surface area contributed by atoms with Crippen molar-refractivity contribution in [1.82, 2.24) is 5.32 Å². The SMILES string of the molecule is CC(C)(C)OC(=O)NC(CCCl)c1ccc(C(F)(F)F)cc1. The van der Waals surface area contributed by atoms with Gasteiger partial charge in [-0.15, -0.1) is 11.6 Å². The number of ether oxygens (including phenoxy) is 1. The minimum absolute atomic E-state index is 0.251. The molecule has 0 bridgehead atoms. The van der Waals surface area contributed by atoms with Crippen LogP contribution in [0, 0.1) is 0 Å². The van der Waals surface area contributed by atoms with Gasteiger partial charge >= 0.3 is 12.3 Å². The van der Waals surface area contributed by atoms with Crippen molar-refractivity contribution in [3.8, 4) is 0 Å². The Kier molecular flexibility index (Phi) is 6.11. The first-order valence-corrected chi connectivity index (χ1v) is 7.29. The number of alkyl halides is 4. The lowest BCUT2D eigenvalue weighted by Gasteiger charge is -2.23. The van der Waals surface area contributed by atoms with Crippen LogP contribution in [0.25, 0.3) is 0 Å². The van der Waals surface area contributed by atoms with E-state index in [1.165, 1.54) is 12.1 Å². The fourth-order valence-corrected chi connectivity index (χ4v) is 2.00. The van der Waals surface area contributed by atoms with E-state index >= 15 is 0 Å². The molecule has 3 nitrogen and oxygen atoms in total. The largest absolute Gasteiger partial charge is 0.444 e. The molecule has 1 rings (SSSR count). The third-order valence-corrected chi connectivity index (χ3v) is 2.95. The second-order valence-electron chi connectivity index (χ2n) is 5.80. The van der Waals surface area contributed by atoms with E-state index in [0.717, 1.165) is 12.1 Å². The third kappa shape index (κ3) is 6.13. The van der Waals surface area contributed by atoms with Gasteiger partial charge in [-0.25, -0.2) is 4.79 Å². The van der Waals surface area contributed by atoms with Crippen LogP contribution >= 0.6 is 11.6 Å². The van der Waals surface area contributed by atoms with Crippen molar-refractivity contribution in [3.05, 3.63) is 35.4 Å². The first-order valence-electron chi connectivity index (χ1n) is 6.75. The molecule has 7 heteroatoms. The summed E-state index contributed by atoms with van der Waals surface area (Å²) in [4.78, 5) is 11.8. The molecule has 0 aromatic heterocycles. The van der Waals surface area contributed by atoms with E-state index < -0.39 is 29.5 Å². The van der Waals surface area contributed by atoms with E-state index in [2.05, 4.69) is 5.32 Å². The molecule has 1 atom stereocenters. The summed E-state index contributed by atoms with van der Waals surface area (Å²) in [7, 11) is 0. The molecule has 0 heterocycles. The van der Waals surface area contributed by atoms with Crippen LogP contribution in [0.2, 0.25) is 0 Å². The summed E-state index contributed by atoms with van der Waals surface area (Å²) < 4.78 is 42.8. The minimum Gasteiger partial charge on any atom is -0.444 e. The van der Waals surface area contributed by atoms with Gasteiger partial charge in [0.2, 0.25) is 0 Å². The highest BCUT2D eigenvalue weighted by Gasteiger charge is 2.30. The zero-order chi connectivity index (χ0) is 17.0. The van der Waals surface area contributed by atoms with Crippen molar-refractivity contribution < 1.29 is 22.7 Å². The second-order valence-corrected chi connectivity index (χ2v) is 6.17. The van der Waals surface area contributed by atoms with Crippen molar-refractivity contribution in [2.24, 2.45) is 0 Å². The van der Waals surface area contributed by atoms with Gasteiger partial charge in [0, 0.05) is 5.88 Å². The summed E-state index contributed by atoms with van der Waals surface area (Å²) >= 11 is 5.69. The van der Waals surface area contributed by atoms with Crippen LogP contribution in [-0.2, 0) is 10.9 Å². The monoisotopic (exact) mass is 337 g/mol. The zero-order valence-corrected chi connectivity index (χ0v) is 13.4. The summed E-state index contributed by atoms with van der Waals surface area (Å²) in [5, 5.41) is 2.62. The molecule has 0 aliphatic carbocycles. The molecule has 0 aliphatic heterocycles. The third-order valence-electron chi connectivity index (χ3n) is 2.73. The Morgan fingerprint density at radius 1 is 1.23 bits per heavy atom. The number of carbonyl (C=O) groups excluding carboxylic acids is 1. The molecular formula is C15H19ClF3NO2. The first kappa shape index (κ1) is 18.6. The van der Waals surface area contributed by atoms with Gasteiger partial charge in [-0.3, -0.25) is 0 Å². The van der Waals surface area contributed by atoms with Crippen LogP contribution in [0.5, 0.6) is 0 Å². The number of hydrogen-bond donors (Lipinski definition) is 1. The number of amides is 1. The van der Waals surface area contributed by atoms with Gasteiger partial charge in [0.1, 0.15) is 5.60 Å². The Labute approximate surface area is 132 Å². The van der Waals surface area contributed by atoms with Crippen LogP contribution in [0.3, 0.4) is 0 Å². The standard InChI is InChI=1S/C15H19ClF3NO2/c1-14(2,3)22-13(21)20-12(8-9-16)10-4-6-11(7-5-10)15(17,18)19/h4-7,12H,8-9H2,1-3H3,(H,20,21). The van der Waals surface area contributed by atoms with Gasteiger partial charge in [0.25, 0.3) is 0 Å². The molecule has 22 heavy (non-hydrogen) atoms. The van der Waals surface area contributed by atoms with Crippen molar-refractivity contribution in [2.45, 2.75) is 45.0 Å². The maximum atomic E-state index is 12.6. The Hall–Kier alpha value is -1.43. The second kappa shape index (κ2) is 7.22. The molecule has 1 N–H and O–H groups in total. The lowest BCUT2D eigenvalue weighted by atomic mass is 10.0. The molecule has 124 valence electrons. The zero-order valence-electron chi connectivity index (χ0n) is 12.6. The van der Waals surface area contributed by atoms with Crippen molar-refractivity contribution in [2.75, 3.05) is 5.88 Å². The van der Waals surface area contributed by atoms with E-state index in [-0.39, 0.29) is 5.88 Å². The number of benzene rings is 1. The van der Waals surface area contributed by atoms with Crippen molar-refractivity contribution >= 4 is 17.7 Å². The molecule has 1 amide bonds. The van der Waals surface area contributed by atoms with E-state index in [0.29, 0.717) is 12.0 Å². The van der Waals surface area contributed by atoms with Gasteiger partial charge in [0.15, 0.2) is 0 Å². The maximum Gasteiger partial charge on any atom is 0.416 e. The van der Waals surface area contributed by atoms with Crippen LogP contribution in [0.15, 0.2) is 24.3 Å². The Morgan fingerprint density at radius 3 is 2.18 bits per heavy atom. The quantitative estimate of drug-likeness (QED) is 0.793. The fourth-order valence-electron chi connectivity index (χ4n) is 1.79. The molecule has 0 radical (unpaired) electrons. The predicted octanol–water partition coefficient (Wildman–Crippen LogP) is 4.90. The first-order chi connectivity index (χ1) is 10.0. The van der Waals surface area contributed by atoms with E-state index in [9.17, 15) is 18.0 Å². The van der Waals surface area contributed by atoms with Crippen LogP contribution < -0.4 is 5.32 Å². The normalized spacial score (nSPS) is 13.6. The number of hydrogen-bond acceptors (Lipinski definition) is 2. The molecule has 0 saturated carbocycles. The van der Waals surface area contributed by atoms with Gasteiger partial charge in [0.05, 0.1) is 11.6 Å². The maximum absolute atomic E-state index is 12.6. The van der Waals surface area contributed by atoms with E-state index in [1.54, 1.807) is 20.8 Å².